The van der Waals surface area contributed by atoms with Gasteiger partial charge in [0.15, 0.2) is 0 Å². The zero-order valence-corrected chi connectivity index (χ0v) is 17.7. The number of nitrogens with zero attached hydrogens (tertiary/aromatic N) is 3. The van der Waals surface area contributed by atoms with Crippen LogP contribution in [0.3, 0.4) is 0 Å². The molecule has 1 aliphatic rings. The summed E-state index contributed by atoms with van der Waals surface area (Å²) < 4.78 is 40.6. The van der Waals surface area contributed by atoms with Gasteiger partial charge >= 0.3 is 12.2 Å². The van der Waals surface area contributed by atoms with Gasteiger partial charge in [0.05, 0.1) is 21.4 Å². The number of fused-ring (bicyclic) bond motifs is 1. The maximum Gasteiger partial charge on any atom is 0.433 e. The molecule has 31 heavy (non-hydrogen) atoms. The number of amides is 2. The predicted molar refractivity (Wildman–Crippen MR) is 115 cm³/mol. The van der Waals surface area contributed by atoms with Crippen LogP contribution in [-0.4, -0.2) is 28.6 Å². The topological polar surface area (TPSA) is 70.2 Å². The van der Waals surface area contributed by atoms with E-state index >= 15 is 0 Å². The fourth-order valence-electron chi connectivity index (χ4n) is 3.76. The molecular weight excluding hydrogens is 427 g/mol. The first-order valence-electron chi connectivity index (χ1n) is 10.0. The largest absolute Gasteiger partial charge is 0.433 e. The van der Waals surface area contributed by atoms with Gasteiger partial charge in [-0.25, -0.2) is 14.8 Å². The summed E-state index contributed by atoms with van der Waals surface area (Å²) in [6, 6.07) is 7.43. The van der Waals surface area contributed by atoms with E-state index < -0.39 is 17.9 Å². The monoisotopic (exact) mass is 449 g/mol. The Morgan fingerprint density at radius 3 is 2.87 bits per heavy atom. The molecule has 1 aliphatic heterocycles. The minimum atomic E-state index is -4.52. The van der Waals surface area contributed by atoms with E-state index in [2.05, 4.69) is 20.6 Å². The second kappa shape index (κ2) is 8.70. The normalized spacial score (nSPS) is 17.0. The number of nitrogens with one attached hydrogen (secondary N) is 2. The Kier molecular flexibility index (Phi) is 5.99. The number of hydrogen-bond acceptors (Lipinski definition) is 5. The smallest absolute Gasteiger partial charge is 0.354 e. The van der Waals surface area contributed by atoms with E-state index in [0.29, 0.717) is 17.8 Å². The van der Waals surface area contributed by atoms with Crippen molar-refractivity contribution in [1.29, 1.82) is 0 Å². The molecule has 1 fully saturated rings. The number of alkyl halides is 3. The summed E-state index contributed by atoms with van der Waals surface area (Å²) in [6.45, 7) is 2.69. The van der Waals surface area contributed by atoms with Gasteiger partial charge in [0, 0.05) is 24.7 Å². The summed E-state index contributed by atoms with van der Waals surface area (Å²) >= 11 is 1.42. The van der Waals surface area contributed by atoms with Gasteiger partial charge in [0.2, 0.25) is 0 Å². The van der Waals surface area contributed by atoms with E-state index in [4.69, 9.17) is 0 Å². The molecule has 2 amide bonds. The predicted octanol–water partition coefficient (Wildman–Crippen LogP) is 5.41. The second-order valence-corrected chi connectivity index (χ2v) is 8.38. The molecule has 0 spiro atoms. The van der Waals surface area contributed by atoms with Gasteiger partial charge in [-0.2, -0.15) is 13.2 Å². The van der Waals surface area contributed by atoms with Crippen LogP contribution in [-0.2, 0) is 12.7 Å². The number of thiazole rings is 1. The van der Waals surface area contributed by atoms with E-state index in [9.17, 15) is 18.0 Å². The highest BCUT2D eigenvalue weighted by Gasteiger charge is 2.34. The summed E-state index contributed by atoms with van der Waals surface area (Å²) in [5.74, 6) is 0.284. The molecule has 1 saturated heterocycles. The Morgan fingerprint density at radius 1 is 1.26 bits per heavy atom. The third-order valence-electron chi connectivity index (χ3n) is 5.37. The maximum atomic E-state index is 13.3. The van der Waals surface area contributed by atoms with Crippen LogP contribution < -0.4 is 15.5 Å². The minimum absolute atomic E-state index is 0.0637. The Hall–Kier alpha value is -2.88. The SMILES string of the molecule is CC1CCCCN1c1nc(C(F)(F)F)ccc1CNC(=O)Nc1cccc2ncsc12. The number of pyridine rings is 1. The molecule has 1 atom stereocenters. The van der Waals surface area contributed by atoms with E-state index in [0.717, 1.165) is 35.5 Å². The van der Waals surface area contributed by atoms with Crippen molar-refractivity contribution >= 4 is 39.1 Å². The van der Waals surface area contributed by atoms with Crippen molar-refractivity contribution < 1.29 is 18.0 Å². The molecule has 1 unspecified atom stereocenters. The van der Waals surface area contributed by atoms with Crippen LogP contribution in [0.5, 0.6) is 0 Å². The number of aromatic nitrogens is 2. The number of hydrogen-bond donors (Lipinski definition) is 2. The highest BCUT2D eigenvalue weighted by Crippen LogP contribution is 2.33. The number of urea groups is 1. The molecule has 1 aromatic carbocycles. The van der Waals surface area contributed by atoms with Gasteiger partial charge in [0.25, 0.3) is 0 Å². The maximum absolute atomic E-state index is 13.3. The van der Waals surface area contributed by atoms with Gasteiger partial charge in [-0.3, -0.25) is 0 Å². The molecule has 10 heteroatoms. The van der Waals surface area contributed by atoms with Crippen LogP contribution in [0.15, 0.2) is 35.8 Å². The van der Waals surface area contributed by atoms with Gasteiger partial charge in [-0.05, 0) is 44.4 Å². The molecule has 2 aromatic heterocycles. The second-order valence-electron chi connectivity index (χ2n) is 7.53. The molecule has 6 nitrogen and oxygen atoms in total. The first-order valence-corrected chi connectivity index (χ1v) is 10.9. The molecule has 3 aromatic rings. The lowest BCUT2D eigenvalue weighted by Crippen LogP contribution is -2.39. The van der Waals surface area contributed by atoms with Gasteiger partial charge < -0.3 is 15.5 Å². The number of anilines is 2. The molecule has 3 heterocycles. The molecule has 4 rings (SSSR count). The third kappa shape index (κ3) is 4.73. The quantitative estimate of drug-likeness (QED) is 0.559. The summed E-state index contributed by atoms with van der Waals surface area (Å²) in [5.41, 5.74) is 2.75. The highest BCUT2D eigenvalue weighted by atomic mass is 32.1. The fraction of sp³-hybridized carbons (Fsp3) is 0.381. The zero-order chi connectivity index (χ0) is 22.0. The van der Waals surface area contributed by atoms with Crippen LogP contribution in [0.25, 0.3) is 10.2 Å². The average Bonchev–Trinajstić information content (AvgIpc) is 3.22. The first-order chi connectivity index (χ1) is 14.8. The molecular formula is C21H22F3N5OS. The lowest BCUT2D eigenvalue weighted by atomic mass is 10.0. The van der Waals surface area contributed by atoms with Crippen molar-refractivity contribution in [1.82, 2.24) is 15.3 Å². The average molecular weight is 450 g/mol. The minimum Gasteiger partial charge on any atom is -0.354 e. The molecule has 2 N–H and O–H groups in total. The van der Waals surface area contributed by atoms with Crippen molar-refractivity contribution in [2.45, 2.75) is 44.9 Å². The van der Waals surface area contributed by atoms with Gasteiger partial charge in [-0.1, -0.05) is 12.1 Å². The molecule has 0 saturated carbocycles. The number of benzene rings is 1. The lowest BCUT2D eigenvalue weighted by molar-refractivity contribution is -0.141. The molecule has 0 aliphatic carbocycles. The lowest BCUT2D eigenvalue weighted by Gasteiger charge is -2.36. The van der Waals surface area contributed by atoms with Crippen molar-refractivity contribution in [3.63, 3.8) is 0 Å². The van der Waals surface area contributed by atoms with Crippen LogP contribution in [0, 0.1) is 0 Å². The fourth-order valence-corrected chi connectivity index (χ4v) is 4.52. The summed E-state index contributed by atoms with van der Waals surface area (Å²) in [7, 11) is 0. The standard InChI is InChI=1S/C21H22F3N5OS/c1-13-5-2-3-10-29(13)19-14(8-9-17(28-19)21(22,23)24)11-25-20(30)27-16-7-4-6-15-18(16)31-12-26-15/h4,6-9,12-13H,2-3,5,10-11H2,1H3,(H2,25,27,30). The van der Waals surface area contributed by atoms with E-state index in [-0.39, 0.29) is 18.4 Å². The van der Waals surface area contributed by atoms with E-state index in [1.807, 2.05) is 17.9 Å². The first kappa shape index (κ1) is 21.4. The summed E-state index contributed by atoms with van der Waals surface area (Å²) in [4.78, 5) is 22.5. The van der Waals surface area contributed by atoms with Crippen molar-refractivity contribution in [2.75, 3.05) is 16.8 Å². The summed E-state index contributed by atoms with van der Waals surface area (Å²) in [6.07, 6.45) is -1.70. The number of piperidine rings is 1. The van der Waals surface area contributed by atoms with Crippen molar-refractivity contribution in [3.05, 3.63) is 47.1 Å². The van der Waals surface area contributed by atoms with Crippen LogP contribution in [0.2, 0.25) is 0 Å². The van der Waals surface area contributed by atoms with Crippen LogP contribution in [0.4, 0.5) is 29.5 Å². The number of rotatable bonds is 4. The number of carbonyl (C=O) groups is 1. The van der Waals surface area contributed by atoms with Crippen molar-refractivity contribution in [2.24, 2.45) is 0 Å². The van der Waals surface area contributed by atoms with Gasteiger partial charge in [0.1, 0.15) is 11.5 Å². The Balaban J connectivity index is 1.53. The molecule has 0 bridgehead atoms. The number of halogens is 3. The number of carbonyl (C=O) groups excluding carboxylic acids is 1. The van der Waals surface area contributed by atoms with Gasteiger partial charge in [-0.15, -0.1) is 11.3 Å². The van der Waals surface area contributed by atoms with Crippen molar-refractivity contribution in [3.8, 4) is 0 Å². The van der Waals surface area contributed by atoms with Crippen LogP contribution >= 0.6 is 11.3 Å². The third-order valence-corrected chi connectivity index (χ3v) is 6.24. The van der Waals surface area contributed by atoms with Crippen LogP contribution in [0.1, 0.15) is 37.4 Å². The Bertz CT molecular complexity index is 1080. The Labute approximate surface area is 181 Å². The summed E-state index contributed by atoms with van der Waals surface area (Å²) in [5, 5.41) is 5.53. The molecule has 164 valence electrons. The Morgan fingerprint density at radius 2 is 2.10 bits per heavy atom. The zero-order valence-electron chi connectivity index (χ0n) is 16.9. The molecule has 0 radical (unpaired) electrons. The van der Waals surface area contributed by atoms with E-state index in [1.54, 1.807) is 17.6 Å². The van der Waals surface area contributed by atoms with E-state index in [1.165, 1.54) is 17.4 Å². The highest BCUT2D eigenvalue weighted by molar-refractivity contribution is 7.17.